The minimum absolute atomic E-state index is 0.554. The predicted molar refractivity (Wildman–Crippen MR) is 59.3 cm³/mol. The Hall–Kier alpha value is -1.97. The second kappa shape index (κ2) is 3.65. The van der Waals surface area contributed by atoms with Gasteiger partial charge in [0.1, 0.15) is 5.75 Å². The first-order chi connectivity index (χ1) is 7.26. The van der Waals surface area contributed by atoms with Crippen molar-refractivity contribution < 1.29 is 9.47 Å². The highest BCUT2D eigenvalue weighted by Crippen LogP contribution is 2.30. The van der Waals surface area contributed by atoms with Gasteiger partial charge in [-0.3, -0.25) is 0 Å². The lowest BCUT2D eigenvalue weighted by Crippen LogP contribution is -1.94. The SMILES string of the molecule is COc1ccc2c(N)cnc(OC)c2c1. The molecule has 1 aromatic heterocycles. The number of benzene rings is 1. The minimum atomic E-state index is 0.554. The van der Waals surface area contributed by atoms with Gasteiger partial charge in [0, 0.05) is 10.8 Å². The molecule has 0 aliphatic heterocycles. The van der Waals surface area contributed by atoms with E-state index in [1.54, 1.807) is 20.4 Å². The van der Waals surface area contributed by atoms with Crippen molar-refractivity contribution >= 4 is 16.5 Å². The van der Waals surface area contributed by atoms with Crippen molar-refractivity contribution in [1.82, 2.24) is 4.98 Å². The number of hydrogen-bond acceptors (Lipinski definition) is 4. The van der Waals surface area contributed by atoms with Crippen molar-refractivity contribution in [3.63, 3.8) is 0 Å². The van der Waals surface area contributed by atoms with E-state index in [1.807, 2.05) is 18.2 Å². The molecule has 0 saturated heterocycles. The molecule has 4 heteroatoms. The summed E-state index contributed by atoms with van der Waals surface area (Å²) >= 11 is 0. The maximum Gasteiger partial charge on any atom is 0.221 e. The molecule has 1 aromatic carbocycles. The number of fused-ring (bicyclic) bond motifs is 1. The smallest absolute Gasteiger partial charge is 0.221 e. The fraction of sp³-hybridized carbons (Fsp3) is 0.182. The number of anilines is 1. The zero-order valence-corrected chi connectivity index (χ0v) is 8.65. The zero-order valence-electron chi connectivity index (χ0n) is 8.65. The van der Waals surface area contributed by atoms with Crippen LogP contribution in [0.2, 0.25) is 0 Å². The fourth-order valence-corrected chi connectivity index (χ4v) is 1.51. The van der Waals surface area contributed by atoms with Gasteiger partial charge in [0.05, 0.1) is 26.1 Å². The summed E-state index contributed by atoms with van der Waals surface area (Å²) in [5.41, 5.74) is 6.45. The Labute approximate surface area is 87.6 Å². The normalized spacial score (nSPS) is 10.3. The summed E-state index contributed by atoms with van der Waals surface area (Å²) in [7, 11) is 3.20. The predicted octanol–water partition coefficient (Wildman–Crippen LogP) is 1.83. The second-order valence-corrected chi connectivity index (χ2v) is 3.13. The number of pyridine rings is 1. The van der Waals surface area contributed by atoms with Gasteiger partial charge >= 0.3 is 0 Å². The third kappa shape index (κ3) is 1.54. The molecule has 0 radical (unpaired) electrons. The Morgan fingerprint density at radius 1 is 1.13 bits per heavy atom. The van der Waals surface area contributed by atoms with Crippen LogP contribution in [-0.4, -0.2) is 19.2 Å². The van der Waals surface area contributed by atoms with E-state index in [9.17, 15) is 0 Å². The Kier molecular flexibility index (Phi) is 2.33. The molecule has 2 aromatic rings. The molecule has 1 heterocycles. The highest BCUT2D eigenvalue weighted by atomic mass is 16.5. The van der Waals surface area contributed by atoms with Crippen LogP contribution in [0.25, 0.3) is 10.8 Å². The fourth-order valence-electron chi connectivity index (χ4n) is 1.51. The van der Waals surface area contributed by atoms with Gasteiger partial charge in [0.15, 0.2) is 0 Å². The van der Waals surface area contributed by atoms with E-state index in [1.165, 1.54) is 0 Å². The summed E-state index contributed by atoms with van der Waals surface area (Å²) in [6, 6.07) is 5.61. The topological polar surface area (TPSA) is 57.4 Å². The van der Waals surface area contributed by atoms with Gasteiger partial charge < -0.3 is 15.2 Å². The maximum atomic E-state index is 5.81. The Bertz CT molecular complexity index is 497. The van der Waals surface area contributed by atoms with Crippen LogP contribution in [0.4, 0.5) is 5.69 Å². The summed E-state index contributed by atoms with van der Waals surface area (Å²) in [5.74, 6) is 1.31. The number of hydrogen-bond donors (Lipinski definition) is 1. The Morgan fingerprint density at radius 3 is 2.60 bits per heavy atom. The molecule has 2 rings (SSSR count). The van der Waals surface area contributed by atoms with Gasteiger partial charge in [-0.1, -0.05) is 0 Å². The van der Waals surface area contributed by atoms with Crippen LogP contribution in [-0.2, 0) is 0 Å². The summed E-state index contributed by atoms with van der Waals surface area (Å²) in [5, 5.41) is 1.78. The van der Waals surface area contributed by atoms with Crippen LogP contribution >= 0.6 is 0 Å². The molecule has 78 valence electrons. The molecule has 0 fully saturated rings. The first-order valence-electron chi connectivity index (χ1n) is 4.52. The number of nitrogens with two attached hydrogens (primary N) is 1. The molecule has 0 saturated carbocycles. The third-order valence-electron chi connectivity index (χ3n) is 2.28. The third-order valence-corrected chi connectivity index (χ3v) is 2.28. The number of rotatable bonds is 2. The molecule has 0 spiro atoms. The van der Waals surface area contributed by atoms with Crippen LogP contribution in [0.3, 0.4) is 0 Å². The highest BCUT2D eigenvalue weighted by molar-refractivity contribution is 5.96. The highest BCUT2D eigenvalue weighted by Gasteiger charge is 2.06. The van der Waals surface area contributed by atoms with E-state index in [2.05, 4.69) is 4.98 Å². The average Bonchev–Trinajstić information content (AvgIpc) is 2.29. The van der Waals surface area contributed by atoms with Crippen molar-refractivity contribution in [2.24, 2.45) is 0 Å². The lowest BCUT2D eigenvalue weighted by atomic mass is 10.1. The van der Waals surface area contributed by atoms with E-state index in [0.29, 0.717) is 11.6 Å². The lowest BCUT2D eigenvalue weighted by Gasteiger charge is -2.08. The van der Waals surface area contributed by atoms with Crippen LogP contribution in [0, 0.1) is 0 Å². The van der Waals surface area contributed by atoms with E-state index in [-0.39, 0.29) is 0 Å². The van der Waals surface area contributed by atoms with E-state index in [0.717, 1.165) is 16.5 Å². The maximum absolute atomic E-state index is 5.81. The summed E-state index contributed by atoms with van der Waals surface area (Å²) in [4.78, 5) is 4.10. The van der Waals surface area contributed by atoms with Gasteiger partial charge in [0.2, 0.25) is 5.88 Å². The molecular weight excluding hydrogens is 192 g/mol. The first-order valence-corrected chi connectivity index (χ1v) is 4.52. The molecule has 4 nitrogen and oxygen atoms in total. The number of methoxy groups -OCH3 is 2. The van der Waals surface area contributed by atoms with Crippen LogP contribution in [0.15, 0.2) is 24.4 Å². The van der Waals surface area contributed by atoms with Gasteiger partial charge in [-0.05, 0) is 18.2 Å². The number of ether oxygens (including phenoxy) is 2. The van der Waals surface area contributed by atoms with Crippen molar-refractivity contribution in [3.8, 4) is 11.6 Å². The molecule has 0 aliphatic rings. The van der Waals surface area contributed by atoms with E-state index < -0.39 is 0 Å². The number of nitrogen functional groups attached to an aromatic ring is 1. The molecule has 0 amide bonds. The van der Waals surface area contributed by atoms with E-state index >= 15 is 0 Å². The van der Waals surface area contributed by atoms with Gasteiger partial charge in [0.25, 0.3) is 0 Å². The molecule has 0 bridgehead atoms. The lowest BCUT2D eigenvalue weighted by molar-refractivity contribution is 0.401. The molecule has 0 aliphatic carbocycles. The molecule has 15 heavy (non-hydrogen) atoms. The van der Waals surface area contributed by atoms with E-state index in [4.69, 9.17) is 15.2 Å². The summed E-state index contributed by atoms with van der Waals surface area (Å²) in [6.45, 7) is 0. The van der Waals surface area contributed by atoms with Crippen LogP contribution < -0.4 is 15.2 Å². The summed E-state index contributed by atoms with van der Waals surface area (Å²) < 4.78 is 10.3. The largest absolute Gasteiger partial charge is 0.497 e. The molecule has 0 unspecified atom stereocenters. The zero-order chi connectivity index (χ0) is 10.8. The molecule has 0 atom stereocenters. The molecule has 2 N–H and O–H groups in total. The monoisotopic (exact) mass is 204 g/mol. The van der Waals surface area contributed by atoms with Crippen molar-refractivity contribution in [3.05, 3.63) is 24.4 Å². The molecular formula is C11H12N2O2. The van der Waals surface area contributed by atoms with Gasteiger partial charge in [-0.25, -0.2) is 4.98 Å². The minimum Gasteiger partial charge on any atom is -0.497 e. The van der Waals surface area contributed by atoms with Crippen molar-refractivity contribution in [2.45, 2.75) is 0 Å². The van der Waals surface area contributed by atoms with Crippen LogP contribution in [0.5, 0.6) is 11.6 Å². The number of nitrogens with zero attached hydrogens (tertiary/aromatic N) is 1. The van der Waals surface area contributed by atoms with Crippen molar-refractivity contribution in [2.75, 3.05) is 20.0 Å². The standard InChI is InChI=1S/C11H12N2O2/c1-14-7-3-4-8-9(5-7)11(15-2)13-6-10(8)12/h3-6H,12H2,1-2H3. The average molecular weight is 204 g/mol. The Balaban J connectivity index is 2.77. The van der Waals surface area contributed by atoms with Crippen molar-refractivity contribution in [1.29, 1.82) is 0 Å². The van der Waals surface area contributed by atoms with Gasteiger partial charge in [-0.2, -0.15) is 0 Å². The quantitative estimate of drug-likeness (QED) is 0.810. The first kappa shape index (κ1) is 9.58. The summed E-state index contributed by atoms with van der Waals surface area (Å²) in [6.07, 6.45) is 1.59. The number of aromatic nitrogens is 1. The van der Waals surface area contributed by atoms with Gasteiger partial charge in [-0.15, -0.1) is 0 Å². The van der Waals surface area contributed by atoms with Crippen LogP contribution in [0.1, 0.15) is 0 Å². The second-order valence-electron chi connectivity index (χ2n) is 3.13. The Morgan fingerprint density at radius 2 is 1.93 bits per heavy atom.